The number of thioether (sulfide) groups is 1. The highest BCUT2D eigenvalue weighted by atomic mass is 32.2. The summed E-state index contributed by atoms with van der Waals surface area (Å²) in [4.78, 5) is 0. The molecule has 0 aromatic carbocycles. The van der Waals surface area contributed by atoms with E-state index in [9.17, 15) is 0 Å². The lowest BCUT2D eigenvalue weighted by Gasteiger charge is -2.04. The zero-order chi connectivity index (χ0) is 8.10. The molecule has 1 unspecified atom stereocenters. The minimum atomic E-state index is 0.748. The number of allylic oxidation sites excluding steroid dienone is 1. The molecule has 2 N–H and O–H groups in total. The topological polar surface area (TPSA) is 26.0 Å². The smallest absolute Gasteiger partial charge is 0.0136 e. The molecule has 1 aliphatic rings. The van der Waals surface area contributed by atoms with Crippen molar-refractivity contribution < 1.29 is 0 Å². The van der Waals surface area contributed by atoms with Crippen LogP contribution in [0.25, 0.3) is 0 Å². The van der Waals surface area contributed by atoms with E-state index in [0.717, 1.165) is 18.9 Å². The van der Waals surface area contributed by atoms with E-state index in [1.807, 2.05) is 0 Å². The Balaban J connectivity index is 2.40. The van der Waals surface area contributed by atoms with Crippen molar-refractivity contribution in [3.8, 4) is 0 Å². The zero-order valence-electron chi connectivity index (χ0n) is 7.18. The maximum absolute atomic E-state index is 5.59. The van der Waals surface area contributed by atoms with E-state index >= 15 is 0 Å². The van der Waals surface area contributed by atoms with Gasteiger partial charge in [-0.3, -0.25) is 0 Å². The second-order valence-electron chi connectivity index (χ2n) is 3.01. The molecule has 0 aliphatic carbocycles. The fourth-order valence-corrected chi connectivity index (χ4v) is 2.55. The normalized spacial score (nSPS) is 26.0. The summed E-state index contributed by atoms with van der Waals surface area (Å²) < 4.78 is 0. The van der Waals surface area contributed by atoms with Gasteiger partial charge in [0.25, 0.3) is 0 Å². The van der Waals surface area contributed by atoms with Gasteiger partial charge in [0.15, 0.2) is 0 Å². The molecule has 11 heavy (non-hydrogen) atoms. The second-order valence-corrected chi connectivity index (χ2v) is 4.16. The van der Waals surface area contributed by atoms with E-state index in [0.29, 0.717) is 0 Å². The van der Waals surface area contributed by atoms with E-state index in [1.54, 1.807) is 0 Å². The molecule has 2 heteroatoms. The molecule has 1 fully saturated rings. The van der Waals surface area contributed by atoms with Crippen LogP contribution in [0.3, 0.4) is 0 Å². The van der Waals surface area contributed by atoms with Gasteiger partial charge in [0.05, 0.1) is 0 Å². The average molecular weight is 171 g/mol. The molecule has 0 saturated carbocycles. The Labute approximate surface area is 73.4 Å². The Kier molecular flexibility index (Phi) is 4.02. The van der Waals surface area contributed by atoms with Crippen molar-refractivity contribution in [1.82, 2.24) is 0 Å². The Hall–Kier alpha value is 0.0500. The van der Waals surface area contributed by atoms with Gasteiger partial charge in [-0.1, -0.05) is 18.6 Å². The van der Waals surface area contributed by atoms with Crippen LogP contribution in [-0.4, -0.2) is 18.1 Å². The maximum Gasteiger partial charge on any atom is 0.0136 e. The summed E-state index contributed by atoms with van der Waals surface area (Å²) >= 11 is 2.06. The number of rotatable bonds is 3. The van der Waals surface area contributed by atoms with Crippen molar-refractivity contribution in [1.29, 1.82) is 0 Å². The summed E-state index contributed by atoms with van der Waals surface area (Å²) in [5, 5.41) is 0. The van der Waals surface area contributed by atoms with Crippen LogP contribution < -0.4 is 5.73 Å². The van der Waals surface area contributed by atoms with Crippen LogP contribution in [0, 0.1) is 5.92 Å². The third kappa shape index (κ3) is 2.88. The van der Waals surface area contributed by atoms with Gasteiger partial charge in [0, 0.05) is 6.54 Å². The summed E-state index contributed by atoms with van der Waals surface area (Å²) in [6.45, 7) is 2.93. The SMILES string of the molecule is CCC(=CC1CCSC1)CN. The van der Waals surface area contributed by atoms with Gasteiger partial charge in [-0.15, -0.1) is 0 Å². The van der Waals surface area contributed by atoms with Gasteiger partial charge >= 0.3 is 0 Å². The van der Waals surface area contributed by atoms with Crippen molar-refractivity contribution in [3.05, 3.63) is 11.6 Å². The average Bonchev–Trinajstić information content (AvgIpc) is 2.52. The molecule has 1 saturated heterocycles. The summed E-state index contributed by atoms with van der Waals surface area (Å²) in [5.74, 6) is 3.46. The van der Waals surface area contributed by atoms with Gasteiger partial charge < -0.3 is 5.73 Å². The largest absolute Gasteiger partial charge is 0.327 e. The lowest BCUT2D eigenvalue weighted by atomic mass is 10.0. The van der Waals surface area contributed by atoms with Crippen LogP contribution >= 0.6 is 11.8 Å². The molecule has 0 aromatic rings. The zero-order valence-corrected chi connectivity index (χ0v) is 7.99. The highest BCUT2D eigenvalue weighted by Crippen LogP contribution is 2.25. The van der Waals surface area contributed by atoms with E-state index in [2.05, 4.69) is 24.8 Å². The molecule has 0 amide bonds. The van der Waals surface area contributed by atoms with Gasteiger partial charge in [-0.2, -0.15) is 11.8 Å². The number of nitrogens with two attached hydrogens (primary N) is 1. The first-order valence-corrected chi connectivity index (χ1v) is 5.49. The molecule has 1 atom stereocenters. The first-order chi connectivity index (χ1) is 5.36. The van der Waals surface area contributed by atoms with Crippen LogP contribution in [0.4, 0.5) is 0 Å². The Bertz CT molecular complexity index is 130. The summed E-state index contributed by atoms with van der Waals surface area (Å²) in [6, 6.07) is 0. The second kappa shape index (κ2) is 4.83. The van der Waals surface area contributed by atoms with Crippen molar-refractivity contribution in [3.63, 3.8) is 0 Å². The van der Waals surface area contributed by atoms with Gasteiger partial charge in [0.1, 0.15) is 0 Å². The highest BCUT2D eigenvalue weighted by molar-refractivity contribution is 7.99. The van der Waals surface area contributed by atoms with E-state index in [4.69, 9.17) is 5.73 Å². The lowest BCUT2D eigenvalue weighted by Crippen LogP contribution is -2.05. The highest BCUT2D eigenvalue weighted by Gasteiger charge is 2.12. The third-order valence-corrected chi connectivity index (χ3v) is 3.34. The third-order valence-electron chi connectivity index (χ3n) is 2.15. The first kappa shape index (κ1) is 9.14. The van der Waals surface area contributed by atoms with Crippen LogP contribution in [0.5, 0.6) is 0 Å². The Morgan fingerprint density at radius 3 is 3.00 bits per heavy atom. The number of hydrogen-bond donors (Lipinski definition) is 1. The Morgan fingerprint density at radius 2 is 2.55 bits per heavy atom. The molecule has 1 nitrogen and oxygen atoms in total. The van der Waals surface area contributed by atoms with Gasteiger partial charge in [-0.25, -0.2) is 0 Å². The molecule has 0 bridgehead atoms. The summed E-state index contributed by atoms with van der Waals surface area (Å²) in [6.07, 6.45) is 4.87. The van der Waals surface area contributed by atoms with E-state index in [-0.39, 0.29) is 0 Å². The molecular weight excluding hydrogens is 154 g/mol. The molecule has 0 radical (unpaired) electrons. The maximum atomic E-state index is 5.59. The van der Waals surface area contributed by atoms with Crippen LogP contribution in [-0.2, 0) is 0 Å². The van der Waals surface area contributed by atoms with Gasteiger partial charge in [-0.05, 0) is 30.3 Å². The quantitative estimate of drug-likeness (QED) is 0.658. The minimum Gasteiger partial charge on any atom is -0.327 e. The van der Waals surface area contributed by atoms with Crippen molar-refractivity contribution in [2.24, 2.45) is 11.7 Å². The molecule has 0 aromatic heterocycles. The lowest BCUT2D eigenvalue weighted by molar-refractivity contribution is 0.732. The van der Waals surface area contributed by atoms with Crippen LogP contribution in [0.1, 0.15) is 19.8 Å². The molecule has 1 aliphatic heterocycles. The van der Waals surface area contributed by atoms with Crippen LogP contribution in [0.2, 0.25) is 0 Å². The van der Waals surface area contributed by atoms with Crippen molar-refractivity contribution >= 4 is 11.8 Å². The fourth-order valence-electron chi connectivity index (χ4n) is 1.35. The molecule has 0 spiro atoms. The first-order valence-electron chi connectivity index (χ1n) is 4.34. The predicted octanol–water partition coefficient (Wildman–Crippen LogP) is 2.03. The minimum absolute atomic E-state index is 0.748. The fraction of sp³-hybridized carbons (Fsp3) is 0.778. The molecule has 1 heterocycles. The Morgan fingerprint density at radius 1 is 1.73 bits per heavy atom. The number of hydrogen-bond acceptors (Lipinski definition) is 2. The summed E-state index contributed by atoms with van der Waals surface area (Å²) in [5.41, 5.74) is 7.01. The predicted molar refractivity (Wildman–Crippen MR) is 52.9 cm³/mol. The van der Waals surface area contributed by atoms with Gasteiger partial charge in [0.2, 0.25) is 0 Å². The molecule has 1 rings (SSSR count). The van der Waals surface area contributed by atoms with Crippen molar-refractivity contribution in [2.75, 3.05) is 18.1 Å². The standard InChI is InChI=1S/C9H17NS/c1-2-8(6-10)5-9-3-4-11-7-9/h5,9H,2-4,6-7,10H2,1H3. The van der Waals surface area contributed by atoms with Crippen LogP contribution in [0.15, 0.2) is 11.6 Å². The molecule has 64 valence electrons. The van der Waals surface area contributed by atoms with Crippen molar-refractivity contribution in [2.45, 2.75) is 19.8 Å². The summed E-state index contributed by atoms with van der Waals surface area (Å²) in [7, 11) is 0. The monoisotopic (exact) mass is 171 g/mol. The van der Waals surface area contributed by atoms with E-state index in [1.165, 1.54) is 23.5 Å². The molecular formula is C9H17NS. The van der Waals surface area contributed by atoms with E-state index < -0.39 is 0 Å².